The van der Waals surface area contributed by atoms with Gasteiger partial charge in [0.2, 0.25) is 5.16 Å². The van der Waals surface area contributed by atoms with E-state index in [4.69, 9.17) is 11.6 Å². The van der Waals surface area contributed by atoms with Crippen LogP contribution in [0, 0.1) is 0 Å². The number of hydrogen-bond donors (Lipinski definition) is 1. The van der Waals surface area contributed by atoms with Crippen LogP contribution in [0.15, 0.2) is 58.6 Å². The van der Waals surface area contributed by atoms with Gasteiger partial charge in [-0.25, -0.2) is 4.98 Å². The minimum absolute atomic E-state index is 0.0225. The van der Waals surface area contributed by atoms with Crippen molar-refractivity contribution in [3.63, 3.8) is 0 Å². The minimum Gasteiger partial charge on any atom is -0.544 e. The van der Waals surface area contributed by atoms with Crippen LogP contribution in [0.2, 0.25) is 5.02 Å². The average molecular weight is 400 g/mol. The van der Waals surface area contributed by atoms with E-state index >= 15 is 0 Å². The standard InChI is InChI=1S/C19H17ClN4O2S/c1-24(2)15-9-3-12(4-10-15)11-16(18(25)26)27-19-21-17(22-23-19)13-5-7-14(20)8-6-13/h3-11H,1-2H3,(H,25,26)(H,21,22,23)/p-1/b16-11-. The van der Waals surface area contributed by atoms with Crippen LogP contribution >= 0.6 is 23.4 Å². The van der Waals surface area contributed by atoms with Gasteiger partial charge in [-0.1, -0.05) is 23.7 Å². The molecular formula is C19H16ClN4O2S-. The van der Waals surface area contributed by atoms with E-state index in [1.54, 1.807) is 24.3 Å². The Bertz CT molecular complexity index is 966. The summed E-state index contributed by atoms with van der Waals surface area (Å²) in [6, 6.07) is 14.6. The second kappa shape index (κ2) is 8.28. The maximum atomic E-state index is 11.5. The van der Waals surface area contributed by atoms with E-state index in [-0.39, 0.29) is 4.91 Å². The number of nitrogens with one attached hydrogen (secondary N) is 1. The SMILES string of the molecule is CN(C)c1ccc(/C=C(\Sc2n[nH]c(-c3ccc(Cl)cc3)n2)C(=O)[O-])cc1. The Morgan fingerprint density at radius 2 is 1.81 bits per heavy atom. The van der Waals surface area contributed by atoms with Crippen molar-refractivity contribution in [2.75, 3.05) is 19.0 Å². The smallest absolute Gasteiger partial charge is 0.213 e. The quantitative estimate of drug-likeness (QED) is 0.506. The zero-order valence-corrected chi connectivity index (χ0v) is 16.2. The summed E-state index contributed by atoms with van der Waals surface area (Å²) in [5.74, 6) is -0.753. The number of benzene rings is 2. The molecule has 0 saturated carbocycles. The highest BCUT2D eigenvalue weighted by Gasteiger charge is 2.10. The molecule has 138 valence electrons. The number of H-pyrrole nitrogens is 1. The number of aromatic nitrogens is 3. The van der Waals surface area contributed by atoms with Gasteiger partial charge in [0, 0.05) is 35.3 Å². The van der Waals surface area contributed by atoms with Gasteiger partial charge in [0.25, 0.3) is 0 Å². The summed E-state index contributed by atoms with van der Waals surface area (Å²) < 4.78 is 0. The van der Waals surface area contributed by atoms with Crippen molar-refractivity contribution >= 4 is 41.1 Å². The molecule has 8 heteroatoms. The highest BCUT2D eigenvalue weighted by atomic mass is 35.5. The van der Waals surface area contributed by atoms with Gasteiger partial charge >= 0.3 is 0 Å². The predicted molar refractivity (Wildman–Crippen MR) is 106 cm³/mol. The number of rotatable bonds is 6. The van der Waals surface area contributed by atoms with E-state index in [9.17, 15) is 9.90 Å². The fourth-order valence-corrected chi connectivity index (χ4v) is 3.11. The molecule has 3 aromatic rings. The molecule has 0 fully saturated rings. The fraction of sp³-hybridized carbons (Fsp3) is 0.105. The second-order valence-corrected chi connectivity index (χ2v) is 7.30. The number of thioether (sulfide) groups is 1. The van der Waals surface area contributed by atoms with Crippen LogP contribution in [-0.2, 0) is 4.79 Å². The van der Waals surface area contributed by atoms with Crippen molar-refractivity contribution in [2.24, 2.45) is 0 Å². The summed E-state index contributed by atoms with van der Waals surface area (Å²) in [4.78, 5) is 17.8. The van der Waals surface area contributed by atoms with Crippen molar-refractivity contribution in [1.82, 2.24) is 15.2 Å². The molecule has 0 spiro atoms. The Morgan fingerprint density at radius 1 is 1.15 bits per heavy atom. The first-order chi connectivity index (χ1) is 12.9. The monoisotopic (exact) mass is 399 g/mol. The Balaban J connectivity index is 1.80. The van der Waals surface area contributed by atoms with E-state index in [1.165, 1.54) is 6.08 Å². The molecule has 1 N–H and O–H groups in total. The molecule has 6 nitrogen and oxygen atoms in total. The van der Waals surface area contributed by atoms with Crippen molar-refractivity contribution in [2.45, 2.75) is 5.16 Å². The van der Waals surface area contributed by atoms with Crippen molar-refractivity contribution < 1.29 is 9.90 Å². The highest BCUT2D eigenvalue weighted by Crippen LogP contribution is 2.27. The summed E-state index contributed by atoms with van der Waals surface area (Å²) in [6.45, 7) is 0. The van der Waals surface area contributed by atoms with E-state index in [2.05, 4.69) is 15.2 Å². The zero-order valence-electron chi connectivity index (χ0n) is 14.6. The van der Waals surface area contributed by atoms with Crippen LogP contribution in [0.4, 0.5) is 5.69 Å². The Kier molecular flexibility index (Phi) is 5.83. The minimum atomic E-state index is -1.28. The molecule has 0 aliphatic carbocycles. The van der Waals surface area contributed by atoms with Gasteiger partial charge < -0.3 is 14.8 Å². The van der Waals surface area contributed by atoms with E-state index < -0.39 is 5.97 Å². The van der Waals surface area contributed by atoms with Crippen LogP contribution < -0.4 is 10.0 Å². The third kappa shape index (κ3) is 4.90. The zero-order chi connectivity index (χ0) is 19.4. The summed E-state index contributed by atoms with van der Waals surface area (Å²) in [5.41, 5.74) is 2.58. The molecule has 27 heavy (non-hydrogen) atoms. The molecule has 0 aliphatic heterocycles. The third-order valence-electron chi connectivity index (χ3n) is 3.69. The van der Waals surface area contributed by atoms with Gasteiger partial charge in [-0.05, 0) is 59.8 Å². The lowest BCUT2D eigenvalue weighted by molar-refractivity contribution is -0.297. The van der Waals surface area contributed by atoms with Gasteiger partial charge in [-0.3, -0.25) is 5.10 Å². The number of carbonyl (C=O) groups is 1. The highest BCUT2D eigenvalue weighted by molar-refractivity contribution is 8.04. The van der Waals surface area contributed by atoms with Crippen LogP contribution in [0.3, 0.4) is 0 Å². The average Bonchev–Trinajstić information content (AvgIpc) is 3.10. The fourth-order valence-electron chi connectivity index (χ4n) is 2.28. The largest absolute Gasteiger partial charge is 0.544 e. The van der Waals surface area contributed by atoms with Gasteiger partial charge in [0.05, 0.1) is 5.97 Å². The molecule has 0 bridgehead atoms. The number of carbonyl (C=O) groups excluding carboxylic acids is 1. The number of aromatic amines is 1. The Labute approximate surface area is 165 Å². The second-order valence-electron chi connectivity index (χ2n) is 5.86. The van der Waals surface area contributed by atoms with E-state index in [0.717, 1.165) is 28.6 Å². The maximum Gasteiger partial charge on any atom is 0.213 e. The molecule has 1 aromatic heterocycles. The normalized spacial score (nSPS) is 11.4. The summed E-state index contributed by atoms with van der Waals surface area (Å²) >= 11 is 6.81. The molecule has 2 aromatic carbocycles. The van der Waals surface area contributed by atoms with E-state index in [1.807, 2.05) is 43.3 Å². The molecular weight excluding hydrogens is 384 g/mol. The molecule has 0 saturated heterocycles. The third-order valence-corrected chi connectivity index (χ3v) is 4.81. The Hall–Kier alpha value is -2.77. The van der Waals surface area contributed by atoms with E-state index in [0.29, 0.717) is 16.0 Å². The molecule has 0 unspecified atom stereocenters. The van der Waals surface area contributed by atoms with Crippen molar-refractivity contribution in [3.8, 4) is 11.4 Å². The number of carboxylic acid groups (broad SMARTS) is 1. The van der Waals surface area contributed by atoms with Crippen molar-refractivity contribution in [1.29, 1.82) is 0 Å². The van der Waals surface area contributed by atoms with Crippen molar-refractivity contribution in [3.05, 3.63) is 64.0 Å². The topological polar surface area (TPSA) is 84.9 Å². The molecule has 3 rings (SSSR count). The number of nitrogens with zero attached hydrogens (tertiary/aromatic N) is 3. The first-order valence-electron chi connectivity index (χ1n) is 7.99. The maximum absolute atomic E-state index is 11.5. The summed E-state index contributed by atoms with van der Waals surface area (Å²) in [6.07, 6.45) is 1.54. The molecule has 1 heterocycles. The lowest BCUT2D eigenvalue weighted by Crippen LogP contribution is -2.23. The lowest BCUT2D eigenvalue weighted by Gasteiger charge is -2.12. The number of hydrogen-bond acceptors (Lipinski definition) is 6. The van der Waals surface area contributed by atoms with Gasteiger partial charge in [-0.15, -0.1) is 5.10 Å². The van der Waals surface area contributed by atoms with Crippen LogP contribution in [0.1, 0.15) is 5.56 Å². The summed E-state index contributed by atoms with van der Waals surface area (Å²) in [5, 5.41) is 19.3. The van der Waals surface area contributed by atoms with Gasteiger partial charge in [-0.2, -0.15) is 0 Å². The number of carboxylic acids is 1. The van der Waals surface area contributed by atoms with Crippen LogP contribution in [-0.4, -0.2) is 35.2 Å². The van der Waals surface area contributed by atoms with Gasteiger partial charge in [0.1, 0.15) is 0 Å². The van der Waals surface area contributed by atoms with Crippen LogP contribution in [0.5, 0.6) is 0 Å². The Morgan fingerprint density at radius 3 is 2.41 bits per heavy atom. The number of halogens is 1. The lowest BCUT2D eigenvalue weighted by atomic mass is 10.2. The first-order valence-corrected chi connectivity index (χ1v) is 9.18. The molecule has 0 atom stereocenters. The number of anilines is 1. The first kappa shape index (κ1) is 19.0. The molecule has 0 amide bonds. The summed E-state index contributed by atoms with van der Waals surface area (Å²) in [7, 11) is 3.88. The number of aliphatic carboxylic acids is 1. The van der Waals surface area contributed by atoms with Gasteiger partial charge in [0.15, 0.2) is 5.82 Å². The molecule has 0 radical (unpaired) electrons. The molecule has 0 aliphatic rings. The van der Waals surface area contributed by atoms with Crippen LogP contribution in [0.25, 0.3) is 17.5 Å². The predicted octanol–water partition coefficient (Wildman–Crippen LogP) is 3.07.